The van der Waals surface area contributed by atoms with Gasteiger partial charge in [-0.25, -0.2) is 9.37 Å². The highest BCUT2D eigenvalue weighted by Crippen LogP contribution is 2.20. The third-order valence-electron chi connectivity index (χ3n) is 4.25. The van der Waals surface area contributed by atoms with Crippen LogP contribution in [0.4, 0.5) is 4.39 Å². The molecule has 1 aromatic carbocycles. The van der Waals surface area contributed by atoms with Crippen LogP contribution >= 0.6 is 11.6 Å². The van der Waals surface area contributed by atoms with E-state index in [2.05, 4.69) is 25.4 Å². The Morgan fingerprint density at radius 3 is 2.87 bits per heavy atom. The molecule has 0 fully saturated rings. The third-order valence-corrected chi connectivity index (χ3v) is 4.61. The average molecular weight is 441 g/mol. The number of nitrogens with zero attached hydrogens (tertiary/aromatic N) is 5. The van der Waals surface area contributed by atoms with E-state index in [1.165, 1.54) is 53.6 Å². The predicted molar refractivity (Wildman–Crippen MR) is 108 cm³/mol. The molecule has 0 unspecified atom stereocenters. The van der Waals surface area contributed by atoms with Crippen molar-refractivity contribution in [3.63, 3.8) is 0 Å². The molecule has 1 amide bonds. The summed E-state index contributed by atoms with van der Waals surface area (Å²) >= 11 is 5.96. The molecule has 156 valence electrons. The smallest absolute Gasteiger partial charge is 0.259 e. The number of aromatic nitrogens is 5. The number of benzene rings is 1. The Morgan fingerprint density at radius 2 is 2.10 bits per heavy atom. The molecule has 0 saturated heterocycles. The first-order chi connectivity index (χ1) is 15.0. The summed E-state index contributed by atoms with van der Waals surface area (Å²) in [6.45, 7) is -0.145. The van der Waals surface area contributed by atoms with E-state index in [0.29, 0.717) is 16.8 Å². The molecular formula is C20H14ClFN6O3. The van der Waals surface area contributed by atoms with Crippen LogP contribution in [0.5, 0.6) is 0 Å². The lowest BCUT2D eigenvalue weighted by atomic mass is 10.2. The SMILES string of the molecule is O=C(Cn1cc(-c2nc(-c3cnccn3)no2)ccc1=O)NCc1ccc(F)cc1Cl. The molecule has 0 saturated carbocycles. The number of carbonyl (C=O) groups is 1. The molecule has 0 aliphatic heterocycles. The summed E-state index contributed by atoms with van der Waals surface area (Å²) in [5.74, 6) is -0.486. The molecule has 0 radical (unpaired) electrons. The number of nitrogens with one attached hydrogen (secondary N) is 1. The van der Waals surface area contributed by atoms with E-state index in [1.807, 2.05) is 0 Å². The maximum atomic E-state index is 13.1. The lowest BCUT2D eigenvalue weighted by Gasteiger charge is -2.09. The largest absolute Gasteiger partial charge is 0.350 e. The molecule has 1 N–H and O–H groups in total. The number of halogens is 2. The zero-order valence-corrected chi connectivity index (χ0v) is 16.6. The Balaban J connectivity index is 1.47. The second kappa shape index (κ2) is 8.84. The summed E-state index contributed by atoms with van der Waals surface area (Å²) < 4.78 is 19.6. The number of hydrogen-bond donors (Lipinski definition) is 1. The van der Waals surface area contributed by atoms with Crippen molar-refractivity contribution >= 4 is 17.5 Å². The predicted octanol–water partition coefficient (Wildman–Crippen LogP) is 2.46. The lowest BCUT2D eigenvalue weighted by Crippen LogP contribution is -2.31. The van der Waals surface area contributed by atoms with E-state index < -0.39 is 11.7 Å². The summed E-state index contributed by atoms with van der Waals surface area (Å²) in [6.07, 6.45) is 5.97. The molecule has 3 heterocycles. The summed E-state index contributed by atoms with van der Waals surface area (Å²) in [4.78, 5) is 36.8. The van der Waals surface area contributed by atoms with Gasteiger partial charge in [-0.2, -0.15) is 4.98 Å². The first kappa shape index (κ1) is 20.4. The molecule has 4 aromatic rings. The van der Waals surface area contributed by atoms with Crippen molar-refractivity contribution in [3.05, 3.63) is 81.9 Å². The second-order valence-corrected chi connectivity index (χ2v) is 6.82. The van der Waals surface area contributed by atoms with Crippen LogP contribution in [0.2, 0.25) is 5.02 Å². The molecule has 4 rings (SSSR count). The minimum absolute atomic E-state index is 0.0948. The highest BCUT2D eigenvalue weighted by Gasteiger charge is 2.14. The Labute approximate surface area is 179 Å². The Hall–Kier alpha value is -3.92. The van der Waals surface area contributed by atoms with Gasteiger partial charge in [0.25, 0.3) is 11.4 Å². The second-order valence-electron chi connectivity index (χ2n) is 6.41. The molecular weight excluding hydrogens is 427 g/mol. The van der Waals surface area contributed by atoms with Crippen LogP contribution in [0.1, 0.15) is 5.56 Å². The Morgan fingerprint density at radius 1 is 1.23 bits per heavy atom. The molecule has 9 nitrogen and oxygen atoms in total. The fourth-order valence-electron chi connectivity index (χ4n) is 2.71. The Bertz CT molecular complexity index is 1290. The number of pyridine rings is 1. The first-order valence-corrected chi connectivity index (χ1v) is 9.39. The topological polar surface area (TPSA) is 116 Å². The monoisotopic (exact) mass is 440 g/mol. The normalized spacial score (nSPS) is 10.8. The number of carbonyl (C=O) groups excluding carboxylic acids is 1. The zero-order chi connectivity index (χ0) is 21.8. The molecule has 0 bridgehead atoms. The minimum Gasteiger partial charge on any atom is -0.350 e. The standard InChI is InChI=1S/C20H14ClFN6O3/c21-15-7-14(22)3-1-12(15)8-25-17(29)11-28-10-13(2-4-18(28)30)20-26-19(27-31-20)16-9-23-5-6-24-16/h1-7,9-10H,8,11H2,(H,25,29). The zero-order valence-electron chi connectivity index (χ0n) is 15.8. The van der Waals surface area contributed by atoms with Crippen LogP contribution in [0.3, 0.4) is 0 Å². The van der Waals surface area contributed by atoms with E-state index in [9.17, 15) is 14.0 Å². The van der Waals surface area contributed by atoms with Gasteiger partial charge in [-0.3, -0.25) is 14.6 Å². The van der Waals surface area contributed by atoms with Crippen LogP contribution in [-0.2, 0) is 17.9 Å². The van der Waals surface area contributed by atoms with Gasteiger partial charge < -0.3 is 14.4 Å². The molecule has 0 spiro atoms. The van der Waals surface area contributed by atoms with Crippen molar-refractivity contribution in [3.8, 4) is 23.0 Å². The van der Waals surface area contributed by atoms with Gasteiger partial charge in [0.05, 0.1) is 11.8 Å². The molecule has 3 aromatic heterocycles. The molecule has 0 aliphatic carbocycles. The lowest BCUT2D eigenvalue weighted by molar-refractivity contribution is -0.121. The van der Waals surface area contributed by atoms with Crippen LogP contribution in [0, 0.1) is 5.82 Å². The third kappa shape index (κ3) is 4.81. The van der Waals surface area contributed by atoms with Gasteiger partial charge in [-0.05, 0) is 23.8 Å². The van der Waals surface area contributed by atoms with Crippen LogP contribution in [-0.4, -0.2) is 30.6 Å². The summed E-state index contributed by atoms with van der Waals surface area (Å²) in [5.41, 5.74) is 1.06. The maximum absolute atomic E-state index is 13.1. The van der Waals surface area contributed by atoms with E-state index in [0.717, 1.165) is 6.07 Å². The van der Waals surface area contributed by atoms with Gasteiger partial charge in [0.1, 0.15) is 18.1 Å². The Kier molecular flexibility index (Phi) is 5.80. The van der Waals surface area contributed by atoms with E-state index in [1.54, 1.807) is 0 Å². The van der Waals surface area contributed by atoms with Crippen LogP contribution in [0.25, 0.3) is 23.0 Å². The highest BCUT2D eigenvalue weighted by molar-refractivity contribution is 6.31. The van der Waals surface area contributed by atoms with Gasteiger partial charge in [-0.1, -0.05) is 22.8 Å². The molecule has 11 heteroatoms. The van der Waals surface area contributed by atoms with Gasteiger partial charge in [0.15, 0.2) is 0 Å². The van der Waals surface area contributed by atoms with Crippen LogP contribution in [0.15, 0.2) is 64.4 Å². The summed E-state index contributed by atoms with van der Waals surface area (Å²) in [5, 5.41) is 6.71. The number of rotatable bonds is 6. The van der Waals surface area contributed by atoms with Gasteiger partial charge in [-0.15, -0.1) is 0 Å². The molecule has 0 atom stereocenters. The highest BCUT2D eigenvalue weighted by atomic mass is 35.5. The minimum atomic E-state index is -0.466. The summed E-state index contributed by atoms with van der Waals surface area (Å²) in [7, 11) is 0. The van der Waals surface area contributed by atoms with Gasteiger partial charge in [0.2, 0.25) is 11.7 Å². The van der Waals surface area contributed by atoms with Crippen molar-refractivity contribution in [2.45, 2.75) is 13.1 Å². The number of amides is 1. The first-order valence-electron chi connectivity index (χ1n) is 9.01. The van der Waals surface area contributed by atoms with E-state index in [4.69, 9.17) is 16.1 Å². The molecule has 31 heavy (non-hydrogen) atoms. The maximum Gasteiger partial charge on any atom is 0.259 e. The van der Waals surface area contributed by atoms with Gasteiger partial charge in [0, 0.05) is 36.2 Å². The van der Waals surface area contributed by atoms with Crippen LogP contribution < -0.4 is 10.9 Å². The van der Waals surface area contributed by atoms with Crippen molar-refractivity contribution in [2.24, 2.45) is 0 Å². The van der Waals surface area contributed by atoms with Crippen molar-refractivity contribution in [1.82, 2.24) is 30.0 Å². The average Bonchev–Trinajstić information content (AvgIpc) is 3.26. The van der Waals surface area contributed by atoms with E-state index in [-0.39, 0.29) is 35.4 Å². The number of hydrogen-bond acceptors (Lipinski definition) is 7. The van der Waals surface area contributed by atoms with Gasteiger partial charge >= 0.3 is 0 Å². The van der Waals surface area contributed by atoms with E-state index >= 15 is 0 Å². The van der Waals surface area contributed by atoms with Crippen molar-refractivity contribution < 1.29 is 13.7 Å². The van der Waals surface area contributed by atoms with Crippen molar-refractivity contribution in [2.75, 3.05) is 0 Å². The fourth-order valence-corrected chi connectivity index (χ4v) is 2.94. The van der Waals surface area contributed by atoms with Crippen molar-refractivity contribution in [1.29, 1.82) is 0 Å². The fraction of sp³-hybridized carbons (Fsp3) is 0.100. The quantitative estimate of drug-likeness (QED) is 0.489. The summed E-state index contributed by atoms with van der Waals surface area (Å²) in [6, 6.07) is 6.71. The molecule has 0 aliphatic rings.